The number of nitrogens with two attached hydrogens (primary N) is 1. The summed E-state index contributed by atoms with van der Waals surface area (Å²) in [6, 6.07) is 1.96. The number of pyridine rings is 1. The van der Waals surface area contributed by atoms with Gasteiger partial charge in [0.05, 0.1) is 17.6 Å². The fourth-order valence-electron chi connectivity index (χ4n) is 3.34. The summed E-state index contributed by atoms with van der Waals surface area (Å²) < 4.78 is 0. The Morgan fingerprint density at radius 3 is 2.50 bits per heavy atom. The molecule has 3 rings (SSSR count). The molecular weight excluding hydrogens is 278 g/mol. The number of nitrogens with zero attached hydrogens (tertiary/aromatic N) is 4. The van der Waals surface area contributed by atoms with E-state index in [1.807, 2.05) is 11.0 Å². The highest BCUT2D eigenvalue weighted by molar-refractivity contribution is 5.79. The first-order valence-electron chi connectivity index (χ1n) is 8.07. The van der Waals surface area contributed by atoms with Crippen LogP contribution in [0.15, 0.2) is 18.5 Å². The maximum Gasteiger partial charge on any atom is 0.225 e. The zero-order valence-electron chi connectivity index (χ0n) is 13.2. The van der Waals surface area contributed by atoms with Crippen molar-refractivity contribution >= 4 is 17.3 Å². The molecule has 1 aromatic heterocycles. The summed E-state index contributed by atoms with van der Waals surface area (Å²) in [5.74, 6) is 0.512. The molecule has 22 heavy (non-hydrogen) atoms. The van der Waals surface area contributed by atoms with Crippen molar-refractivity contribution in [3.8, 4) is 0 Å². The first-order chi connectivity index (χ1) is 10.6. The summed E-state index contributed by atoms with van der Waals surface area (Å²) in [5, 5.41) is 0. The molecule has 2 aliphatic heterocycles. The molecule has 1 amide bonds. The van der Waals surface area contributed by atoms with Gasteiger partial charge in [0.25, 0.3) is 0 Å². The molecule has 6 heteroatoms. The quantitative estimate of drug-likeness (QED) is 0.869. The highest BCUT2D eigenvalue weighted by Crippen LogP contribution is 2.28. The molecule has 0 saturated carbocycles. The number of anilines is 2. The van der Waals surface area contributed by atoms with E-state index in [4.69, 9.17) is 5.73 Å². The Labute approximate surface area is 131 Å². The molecule has 0 bridgehead atoms. The summed E-state index contributed by atoms with van der Waals surface area (Å²) in [6.45, 7) is 5.48. The van der Waals surface area contributed by atoms with Crippen LogP contribution in [0.2, 0.25) is 0 Å². The third-order valence-electron chi connectivity index (χ3n) is 4.83. The van der Waals surface area contributed by atoms with Crippen molar-refractivity contribution in [2.45, 2.75) is 12.8 Å². The van der Waals surface area contributed by atoms with Gasteiger partial charge in [0.2, 0.25) is 5.91 Å². The van der Waals surface area contributed by atoms with Crippen molar-refractivity contribution in [3.63, 3.8) is 0 Å². The maximum atomic E-state index is 12.6. The molecule has 6 nitrogen and oxygen atoms in total. The van der Waals surface area contributed by atoms with Gasteiger partial charge in [-0.25, -0.2) is 0 Å². The second kappa shape index (κ2) is 6.52. The first kappa shape index (κ1) is 15.1. The number of aromatic nitrogens is 1. The number of hydrogen-bond acceptors (Lipinski definition) is 5. The van der Waals surface area contributed by atoms with Crippen LogP contribution in [-0.4, -0.2) is 67.0 Å². The number of piperidine rings is 1. The van der Waals surface area contributed by atoms with Crippen molar-refractivity contribution in [2.75, 3.05) is 56.9 Å². The van der Waals surface area contributed by atoms with Crippen LogP contribution in [0.4, 0.5) is 11.4 Å². The molecule has 0 unspecified atom stereocenters. The van der Waals surface area contributed by atoms with Crippen LogP contribution in [-0.2, 0) is 4.79 Å². The van der Waals surface area contributed by atoms with Crippen molar-refractivity contribution in [2.24, 2.45) is 5.92 Å². The highest BCUT2D eigenvalue weighted by atomic mass is 16.2. The fraction of sp³-hybridized carbons (Fsp3) is 0.625. The molecule has 2 aliphatic rings. The molecule has 120 valence electrons. The van der Waals surface area contributed by atoms with Gasteiger partial charge in [0.1, 0.15) is 0 Å². The van der Waals surface area contributed by atoms with Gasteiger partial charge >= 0.3 is 0 Å². The largest absolute Gasteiger partial charge is 0.396 e. The monoisotopic (exact) mass is 303 g/mol. The Hall–Kier alpha value is -1.82. The van der Waals surface area contributed by atoms with Crippen LogP contribution < -0.4 is 10.6 Å². The molecule has 2 saturated heterocycles. The molecular formula is C16H25N5O. The van der Waals surface area contributed by atoms with Gasteiger partial charge in [0.15, 0.2) is 0 Å². The SMILES string of the molecule is CN1CCN(C(=O)C2CCN(c3ccncc3N)CC2)CC1. The molecule has 2 N–H and O–H groups in total. The van der Waals surface area contributed by atoms with E-state index in [0.29, 0.717) is 11.6 Å². The number of rotatable bonds is 2. The van der Waals surface area contributed by atoms with Crippen molar-refractivity contribution in [1.29, 1.82) is 0 Å². The minimum Gasteiger partial charge on any atom is -0.396 e. The van der Waals surface area contributed by atoms with Gasteiger partial charge in [-0.1, -0.05) is 0 Å². The zero-order valence-corrected chi connectivity index (χ0v) is 13.2. The average Bonchev–Trinajstić information content (AvgIpc) is 2.56. The van der Waals surface area contributed by atoms with Crippen molar-refractivity contribution in [3.05, 3.63) is 18.5 Å². The molecule has 3 heterocycles. The predicted molar refractivity (Wildman–Crippen MR) is 87.7 cm³/mol. The predicted octanol–water partition coefficient (Wildman–Crippen LogP) is 0.654. The van der Waals surface area contributed by atoms with Gasteiger partial charge in [-0.2, -0.15) is 0 Å². The van der Waals surface area contributed by atoms with Crippen LogP contribution in [0.5, 0.6) is 0 Å². The Morgan fingerprint density at radius 2 is 1.86 bits per heavy atom. The molecule has 0 atom stereocenters. The molecule has 0 aliphatic carbocycles. The number of likely N-dealkylation sites (N-methyl/N-ethyl adjacent to an activating group) is 1. The first-order valence-corrected chi connectivity index (χ1v) is 8.07. The number of carbonyl (C=O) groups is 1. The van der Waals surface area contributed by atoms with Crippen molar-refractivity contribution < 1.29 is 4.79 Å². The standard InChI is InChI=1S/C16H25N5O/c1-19-8-10-21(11-9-19)16(22)13-3-6-20(7-4-13)15-2-5-18-12-14(15)17/h2,5,12-13H,3-4,6-11,17H2,1H3. The number of carbonyl (C=O) groups excluding carboxylic acids is 1. The van der Waals surface area contributed by atoms with Gasteiger partial charge in [-0.15, -0.1) is 0 Å². The van der Waals surface area contributed by atoms with E-state index in [9.17, 15) is 4.79 Å². The van der Waals surface area contributed by atoms with Gasteiger partial charge in [-0.05, 0) is 26.0 Å². The number of hydrogen-bond donors (Lipinski definition) is 1. The van der Waals surface area contributed by atoms with Gasteiger partial charge < -0.3 is 20.4 Å². The van der Waals surface area contributed by atoms with E-state index >= 15 is 0 Å². The molecule has 0 radical (unpaired) electrons. The minimum atomic E-state index is 0.169. The van der Waals surface area contributed by atoms with Crippen LogP contribution in [0.25, 0.3) is 0 Å². The molecule has 0 aromatic carbocycles. The summed E-state index contributed by atoms with van der Waals surface area (Å²) in [7, 11) is 2.11. The second-order valence-electron chi connectivity index (χ2n) is 6.32. The fourth-order valence-corrected chi connectivity index (χ4v) is 3.34. The third-order valence-corrected chi connectivity index (χ3v) is 4.83. The second-order valence-corrected chi connectivity index (χ2v) is 6.32. The normalized spacial score (nSPS) is 21.1. The number of nitrogen functional groups attached to an aromatic ring is 1. The van der Waals surface area contributed by atoms with Crippen LogP contribution in [0, 0.1) is 5.92 Å². The topological polar surface area (TPSA) is 65.7 Å². The summed E-state index contributed by atoms with van der Waals surface area (Å²) in [4.78, 5) is 23.2. The number of amides is 1. The van der Waals surface area contributed by atoms with E-state index in [2.05, 4.69) is 21.8 Å². The smallest absolute Gasteiger partial charge is 0.225 e. The molecule has 0 spiro atoms. The van der Waals surface area contributed by atoms with Crippen LogP contribution >= 0.6 is 0 Å². The maximum absolute atomic E-state index is 12.6. The third kappa shape index (κ3) is 3.16. The van der Waals surface area contributed by atoms with Gasteiger partial charge in [-0.3, -0.25) is 9.78 Å². The Morgan fingerprint density at radius 1 is 1.18 bits per heavy atom. The lowest BCUT2D eigenvalue weighted by atomic mass is 9.94. The number of piperazine rings is 1. The minimum absolute atomic E-state index is 0.169. The van der Waals surface area contributed by atoms with E-state index in [1.54, 1.807) is 12.4 Å². The van der Waals surface area contributed by atoms with E-state index in [1.165, 1.54) is 0 Å². The average molecular weight is 303 g/mol. The lowest BCUT2D eigenvalue weighted by Crippen LogP contribution is -2.50. The van der Waals surface area contributed by atoms with Crippen molar-refractivity contribution in [1.82, 2.24) is 14.8 Å². The summed E-state index contributed by atoms with van der Waals surface area (Å²) in [6.07, 6.45) is 5.28. The Kier molecular flexibility index (Phi) is 4.47. The van der Waals surface area contributed by atoms with Crippen LogP contribution in [0.3, 0.4) is 0 Å². The molecule has 2 fully saturated rings. The van der Waals surface area contributed by atoms with Gasteiger partial charge in [0, 0.05) is 51.4 Å². The molecule has 1 aromatic rings. The Balaban J connectivity index is 1.55. The van der Waals surface area contributed by atoms with E-state index < -0.39 is 0 Å². The van der Waals surface area contributed by atoms with E-state index in [-0.39, 0.29) is 5.92 Å². The van der Waals surface area contributed by atoms with E-state index in [0.717, 1.165) is 57.8 Å². The highest BCUT2D eigenvalue weighted by Gasteiger charge is 2.30. The van der Waals surface area contributed by atoms with Crippen LogP contribution in [0.1, 0.15) is 12.8 Å². The summed E-state index contributed by atoms with van der Waals surface area (Å²) >= 11 is 0. The Bertz CT molecular complexity index is 519. The summed E-state index contributed by atoms with van der Waals surface area (Å²) in [5.41, 5.74) is 7.75. The lowest BCUT2D eigenvalue weighted by Gasteiger charge is -2.38. The lowest BCUT2D eigenvalue weighted by molar-refractivity contribution is -0.137. The zero-order chi connectivity index (χ0) is 15.5.